The molecule has 1 aliphatic carbocycles. The average Bonchev–Trinajstić information content (AvgIpc) is 2.51. The third-order valence-electron chi connectivity index (χ3n) is 4.42. The van der Waals surface area contributed by atoms with Crippen molar-refractivity contribution in [3.63, 3.8) is 0 Å². The average molecular weight is 294 g/mol. The Bertz CT molecular complexity index is 433. The van der Waals surface area contributed by atoms with Crippen molar-refractivity contribution < 1.29 is 9.50 Å². The fourth-order valence-corrected chi connectivity index (χ4v) is 3.08. The van der Waals surface area contributed by atoms with Gasteiger partial charge in [-0.3, -0.25) is 0 Å². The molecule has 1 saturated carbocycles. The number of nitrogens with one attached hydrogen (secondary N) is 1. The summed E-state index contributed by atoms with van der Waals surface area (Å²) in [5, 5.41) is 12.9. The summed E-state index contributed by atoms with van der Waals surface area (Å²) in [6.45, 7) is 2.48. The van der Waals surface area contributed by atoms with Crippen LogP contribution in [0.15, 0.2) is 18.2 Å². The highest BCUT2D eigenvalue weighted by Gasteiger charge is 2.17. The van der Waals surface area contributed by atoms with Gasteiger partial charge in [0.05, 0.1) is 0 Å². The standard InChI is InChI=1S/C17H27FN2O/c1-20(16-6-3-2-4-7-16)11-5-10-19-13-14-12-15(18)8-9-17(14)21/h8-9,12,16,19,21H,2-7,10-11,13H2,1H3. The topological polar surface area (TPSA) is 35.5 Å². The van der Waals surface area contributed by atoms with Crippen LogP contribution in [0.4, 0.5) is 4.39 Å². The van der Waals surface area contributed by atoms with E-state index < -0.39 is 0 Å². The van der Waals surface area contributed by atoms with E-state index in [0.717, 1.165) is 25.6 Å². The molecule has 1 aromatic carbocycles. The van der Waals surface area contributed by atoms with Crippen molar-refractivity contribution in [1.82, 2.24) is 10.2 Å². The van der Waals surface area contributed by atoms with E-state index in [1.165, 1.54) is 50.3 Å². The van der Waals surface area contributed by atoms with Crippen LogP contribution in [0.25, 0.3) is 0 Å². The third kappa shape index (κ3) is 5.29. The number of hydrogen-bond acceptors (Lipinski definition) is 3. The van der Waals surface area contributed by atoms with Gasteiger partial charge in [0.1, 0.15) is 11.6 Å². The summed E-state index contributed by atoms with van der Waals surface area (Å²) in [5.41, 5.74) is 0.621. The molecule has 0 aliphatic heterocycles. The number of rotatable bonds is 7. The zero-order chi connectivity index (χ0) is 15.1. The minimum atomic E-state index is -0.304. The van der Waals surface area contributed by atoms with Crippen LogP contribution < -0.4 is 5.32 Å². The van der Waals surface area contributed by atoms with Gasteiger partial charge in [0.2, 0.25) is 0 Å². The SMILES string of the molecule is CN(CCCNCc1cc(F)ccc1O)C1CCCCC1. The van der Waals surface area contributed by atoms with Crippen molar-refractivity contribution in [2.75, 3.05) is 20.1 Å². The maximum absolute atomic E-state index is 13.1. The predicted octanol–water partition coefficient (Wildman–Crippen LogP) is 3.28. The van der Waals surface area contributed by atoms with E-state index in [-0.39, 0.29) is 11.6 Å². The predicted molar refractivity (Wildman–Crippen MR) is 83.9 cm³/mol. The molecular weight excluding hydrogens is 267 g/mol. The lowest BCUT2D eigenvalue weighted by Crippen LogP contribution is -2.35. The highest BCUT2D eigenvalue weighted by atomic mass is 19.1. The van der Waals surface area contributed by atoms with Crippen LogP contribution >= 0.6 is 0 Å². The molecule has 0 unspecified atom stereocenters. The van der Waals surface area contributed by atoms with E-state index in [1.54, 1.807) is 0 Å². The second-order valence-corrected chi connectivity index (χ2v) is 6.08. The van der Waals surface area contributed by atoms with Crippen molar-refractivity contribution in [3.8, 4) is 5.75 Å². The minimum Gasteiger partial charge on any atom is -0.508 e. The van der Waals surface area contributed by atoms with Gasteiger partial charge in [0.25, 0.3) is 0 Å². The maximum atomic E-state index is 13.1. The van der Waals surface area contributed by atoms with Crippen molar-refractivity contribution in [2.45, 2.75) is 51.1 Å². The molecule has 0 atom stereocenters. The summed E-state index contributed by atoms with van der Waals surface area (Å²) >= 11 is 0. The lowest BCUT2D eigenvalue weighted by Gasteiger charge is -2.31. The normalized spacial score (nSPS) is 16.5. The van der Waals surface area contributed by atoms with E-state index in [9.17, 15) is 9.50 Å². The number of aromatic hydroxyl groups is 1. The van der Waals surface area contributed by atoms with Crippen LogP contribution in [-0.4, -0.2) is 36.2 Å². The monoisotopic (exact) mass is 294 g/mol. The van der Waals surface area contributed by atoms with E-state index in [1.807, 2.05) is 0 Å². The summed E-state index contributed by atoms with van der Waals surface area (Å²) in [6.07, 6.45) is 7.87. The molecule has 1 aliphatic rings. The Labute approximate surface area is 127 Å². The Morgan fingerprint density at radius 1 is 1.29 bits per heavy atom. The zero-order valence-corrected chi connectivity index (χ0v) is 12.9. The number of hydrogen-bond donors (Lipinski definition) is 2. The van der Waals surface area contributed by atoms with Gasteiger partial charge in [-0.15, -0.1) is 0 Å². The molecule has 0 aromatic heterocycles. The van der Waals surface area contributed by atoms with Gasteiger partial charge >= 0.3 is 0 Å². The first kappa shape index (κ1) is 16.2. The van der Waals surface area contributed by atoms with Crippen LogP contribution in [0.5, 0.6) is 5.75 Å². The second-order valence-electron chi connectivity index (χ2n) is 6.08. The Hall–Kier alpha value is -1.13. The molecule has 4 heteroatoms. The summed E-state index contributed by atoms with van der Waals surface area (Å²) in [6, 6.07) is 4.82. The quantitative estimate of drug-likeness (QED) is 0.758. The van der Waals surface area contributed by atoms with E-state index in [2.05, 4.69) is 17.3 Å². The summed E-state index contributed by atoms with van der Waals surface area (Å²) in [7, 11) is 2.22. The number of halogens is 1. The molecule has 0 spiro atoms. The van der Waals surface area contributed by atoms with Crippen LogP contribution in [0, 0.1) is 5.82 Å². The van der Waals surface area contributed by atoms with Gasteiger partial charge < -0.3 is 15.3 Å². The molecule has 1 fully saturated rings. The lowest BCUT2D eigenvalue weighted by atomic mass is 9.94. The molecule has 3 nitrogen and oxygen atoms in total. The Morgan fingerprint density at radius 2 is 2.05 bits per heavy atom. The summed E-state index contributed by atoms with van der Waals surface area (Å²) in [4.78, 5) is 2.47. The summed E-state index contributed by atoms with van der Waals surface area (Å²) in [5.74, 6) is -0.148. The van der Waals surface area contributed by atoms with Gasteiger partial charge in [0, 0.05) is 18.2 Å². The van der Waals surface area contributed by atoms with E-state index in [4.69, 9.17) is 0 Å². The highest BCUT2D eigenvalue weighted by molar-refractivity contribution is 5.32. The smallest absolute Gasteiger partial charge is 0.123 e. The van der Waals surface area contributed by atoms with Crippen LogP contribution in [-0.2, 0) is 6.54 Å². The minimum absolute atomic E-state index is 0.156. The molecule has 21 heavy (non-hydrogen) atoms. The zero-order valence-electron chi connectivity index (χ0n) is 12.9. The molecule has 0 heterocycles. The number of nitrogens with zero attached hydrogens (tertiary/aromatic N) is 1. The number of phenolic OH excluding ortho intramolecular Hbond substituents is 1. The summed E-state index contributed by atoms with van der Waals surface area (Å²) < 4.78 is 13.1. The molecule has 0 bridgehead atoms. The molecule has 2 N–H and O–H groups in total. The Morgan fingerprint density at radius 3 is 2.81 bits per heavy atom. The highest BCUT2D eigenvalue weighted by Crippen LogP contribution is 2.21. The third-order valence-corrected chi connectivity index (χ3v) is 4.42. The van der Waals surface area contributed by atoms with Gasteiger partial charge in [-0.1, -0.05) is 19.3 Å². The molecule has 0 saturated heterocycles. The van der Waals surface area contributed by atoms with Crippen LogP contribution in [0.2, 0.25) is 0 Å². The van der Waals surface area contributed by atoms with Crippen LogP contribution in [0.1, 0.15) is 44.1 Å². The Balaban J connectivity index is 1.62. The second kappa shape index (κ2) is 8.35. The van der Waals surface area contributed by atoms with Crippen LogP contribution in [0.3, 0.4) is 0 Å². The number of benzene rings is 1. The lowest BCUT2D eigenvalue weighted by molar-refractivity contribution is 0.189. The maximum Gasteiger partial charge on any atom is 0.123 e. The van der Waals surface area contributed by atoms with Crippen molar-refractivity contribution in [1.29, 1.82) is 0 Å². The van der Waals surface area contributed by atoms with Gasteiger partial charge in [-0.2, -0.15) is 0 Å². The molecule has 1 aromatic rings. The molecule has 118 valence electrons. The molecule has 2 rings (SSSR count). The molecule has 0 radical (unpaired) electrons. The first-order chi connectivity index (χ1) is 10.2. The van der Waals surface area contributed by atoms with Gasteiger partial charge in [-0.05, 0) is 57.6 Å². The van der Waals surface area contributed by atoms with E-state index in [0.29, 0.717) is 12.1 Å². The molecule has 0 amide bonds. The Kier molecular flexibility index (Phi) is 6.46. The van der Waals surface area contributed by atoms with Crippen molar-refractivity contribution in [2.24, 2.45) is 0 Å². The molecular formula is C17H27FN2O. The number of phenols is 1. The van der Waals surface area contributed by atoms with E-state index >= 15 is 0 Å². The van der Waals surface area contributed by atoms with Gasteiger partial charge in [-0.25, -0.2) is 4.39 Å². The first-order valence-electron chi connectivity index (χ1n) is 8.05. The van der Waals surface area contributed by atoms with Crippen molar-refractivity contribution in [3.05, 3.63) is 29.6 Å². The fourth-order valence-electron chi connectivity index (χ4n) is 3.08. The first-order valence-corrected chi connectivity index (χ1v) is 8.05. The van der Waals surface area contributed by atoms with Gasteiger partial charge in [0.15, 0.2) is 0 Å². The largest absolute Gasteiger partial charge is 0.508 e. The fraction of sp³-hybridized carbons (Fsp3) is 0.647. The van der Waals surface area contributed by atoms with Crippen molar-refractivity contribution >= 4 is 0 Å².